The van der Waals surface area contributed by atoms with Crippen LogP contribution in [0, 0.1) is 0 Å². The van der Waals surface area contributed by atoms with Gasteiger partial charge < -0.3 is 10.6 Å². The molecule has 0 aromatic heterocycles. The van der Waals surface area contributed by atoms with E-state index < -0.39 is 9.84 Å². The van der Waals surface area contributed by atoms with E-state index in [-0.39, 0.29) is 11.6 Å². The van der Waals surface area contributed by atoms with Gasteiger partial charge in [-0.05, 0) is 39.7 Å². The van der Waals surface area contributed by atoms with E-state index in [0.29, 0.717) is 17.5 Å². The van der Waals surface area contributed by atoms with Gasteiger partial charge in [-0.15, -0.1) is 0 Å². The minimum Gasteiger partial charge on any atom is -0.312 e. The van der Waals surface area contributed by atoms with E-state index in [1.165, 1.54) is 0 Å². The van der Waals surface area contributed by atoms with Crippen molar-refractivity contribution in [1.82, 2.24) is 10.6 Å². The molecule has 5 heteroatoms. The van der Waals surface area contributed by atoms with Crippen molar-refractivity contribution in [3.05, 3.63) is 0 Å². The summed E-state index contributed by atoms with van der Waals surface area (Å²) >= 11 is 0. The fourth-order valence-electron chi connectivity index (χ4n) is 2.78. The molecule has 2 unspecified atom stereocenters. The van der Waals surface area contributed by atoms with Crippen LogP contribution in [-0.4, -0.2) is 44.1 Å². The summed E-state index contributed by atoms with van der Waals surface area (Å²) in [6.07, 6.45) is 2.95. The SMILES string of the molecule is CC1(C)CC(NC2CCS(=O)(=O)C2)CCN1. The van der Waals surface area contributed by atoms with Crippen molar-refractivity contribution >= 4 is 9.84 Å². The molecular weight excluding hydrogens is 224 g/mol. The van der Waals surface area contributed by atoms with Gasteiger partial charge in [-0.1, -0.05) is 0 Å². The van der Waals surface area contributed by atoms with Gasteiger partial charge in [-0.2, -0.15) is 0 Å². The third kappa shape index (κ3) is 3.18. The van der Waals surface area contributed by atoms with Crippen LogP contribution in [0.2, 0.25) is 0 Å². The molecule has 2 saturated heterocycles. The van der Waals surface area contributed by atoms with E-state index in [0.717, 1.165) is 25.8 Å². The Labute approximate surface area is 98.1 Å². The van der Waals surface area contributed by atoms with Crippen molar-refractivity contribution in [2.24, 2.45) is 0 Å². The van der Waals surface area contributed by atoms with Gasteiger partial charge >= 0.3 is 0 Å². The van der Waals surface area contributed by atoms with Crippen molar-refractivity contribution in [2.45, 2.75) is 50.7 Å². The van der Waals surface area contributed by atoms with Crippen LogP contribution in [0.4, 0.5) is 0 Å². The molecule has 0 aliphatic carbocycles. The average Bonchev–Trinajstić information content (AvgIpc) is 2.43. The molecule has 16 heavy (non-hydrogen) atoms. The molecule has 2 fully saturated rings. The third-order valence-electron chi connectivity index (χ3n) is 3.56. The first-order valence-electron chi connectivity index (χ1n) is 6.08. The third-order valence-corrected chi connectivity index (χ3v) is 5.32. The molecule has 2 rings (SSSR count). The zero-order valence-electron chi connectivity index (χ0n) is 10.1. The predicted molar refractivity (Wildman–Crippen MR) is 65.3 cm³/mol. The summed E-state index contributed by atoms with van der Waals surface area (Å²) in [6, 6.07) is 0.651. The van der Waals surface area contributed by atoms with Crippen molar-refractivity contribution < 1.29 is 8.42 Å². The van der Waals surface area contributed by atoms with Gasteiger partial charge in [0.25, 0.3) is 0 Å². The Morgan fingerprint density at radius 1 is 1.25 bits per heavy atom. The lowest BCUT2D eigenvalue weighted by Gasteiger charge is -2.38. The highest BCUT2D eigenvalue weighted by atomic mass is 32.2. The highest BCUT2D eigenvalue weighted by Crippen LogP contribution is 2.20. The van der Waals surface area contributed by atoms with E-state index in [2.05, 4.69) is 24.5 Å². The van der Waals surface area contributed by atoms with Crippen molar-refractivity contribution in [3.8, 4) is 0 Å². The van der Waals surface area contributed by atoms with Gasteiger partial charge in [0.15, 0.2) is 9.84 Å². The van der Waals surface area contributed by atoms with Crippen LogP contribution in [0.25, 0.3) is 0 Å². The van der Waals surface area contributed by atoms with Crippen LogP contribution < -0.4 is 10.6 Å². The van der Waals surface area contributed by atoms with Gasteiger partial charge in [0.1, 0.15) is 0 Å². The number of piperidine rings is 1. The summed E-state index contributed by atoms with van der Waals surface area (Å²) in [5.74, 6) is 0.691. The summed E-state index contributed by atoms with van der Waals surface area (Å²) < 4.78 is 22.7. The second-order valence-electron chi connectivity index (χ2n) is 5.77. The Morgan fingerprint density at radius 3 is 2.56 bits per heavy atom. The molecule has 0 bridgehead atoms. The number of rotatable bonds is 2. The van der Waals surface area contributed by atoms with E-state index in [1.54, 1.807) is 0 Å². The normalized spacial score (nSPS) is 37.4. The summed E-state index contributed by atoms with van der Waals surface area (Å²) in [7, 11) is -2.75. The fraction of sp³-hybridized carbons (Fsp3) is 1.00. The molecule has 0 aromatic carbocycles. The quantitative estimate of drug-likeness (QED) is 0.735. The summed E-state index contributed by atoms with van der Waals surface area (Å²) in [6.45, 7) is 5.42. The first-order chi connectivity index (χ1) is 7.36. The molecule has 94 valence electrons. The fourth-order valence-corrected chi connectivity index (χ4v) is 4.46. The minimum absolute atomic E-state index is 0.174. The number of hydrogen-bond acceptors (Lipinski definition) is 4. The number of hydrogen-bond donors (Lipinski definition) is 2. The summed E-state index contributed by atoms with van der Waals surface area (Å²) in [5.41, 5.74) is 0.174. The maximum absolute atomic E-state index is 11.4. The molecule has 0 amide bonds. The average molecular weight is 246 g/mol. The van der Waals surface area contributed by atoms with E-state index >= 15 is 0 Å². The minimum atomic E-state index is -2.75. The van der Waals surface area contributed by atoms with Crippen molar-refractivity contribution in [3.63, 3.8) is 0 Å². The highest BCUT2D eigenvalue weighted by molar-refractivity contribution is 7.91. The first-order valence-corrected chi connectivity index (χ1v) is 7.90. The summed E-state index contributed by atoms with van der Waals surface area (Å²) in [5, 5.41) is 6.98. The topological polar surface area (TPSA) is 58.2 Å². The zero-order chi connectivity index (χ0) is 11.8. The Bertz CT molecular complexity index is 351. The smallest absolute Gasteiger partial charge is 0.151 e. The van der Waals surface area contributed by atoms with Gasteiger partial charge in [0, 0.05) is 17.6 Å². The van der Waals surface area contributed by atoms with Crippen molar-refractivity contribution in [2.75, 3.05) is 18.1 Å². The summed E-state index contributed by atoms with van der Waals surface area (Å²) in [4.78, 5) is 0. The highest BCUT2D eigenvalue weighted by Gasteiger charge is 2.32. The molecule has 2 aliphatic rings. The maximum Gasteiger partial charge on any atom is 0.151 e. The maximum atomic E-state index is 11.4. The predicted octanol–water partition coefficient (Wildman–Crippen LogP) is 0.294. The van der Waals surface area contributed by atoms with Crippen LogP contribution >= 0.6 is 0 Å². The zero-order valence-corrected chi connectivity index (χ0v) is 10.9. The van der Waals surface area contributed by atoms with Crippen molar-refractivity contribution in [1.29, 1.82) is 0 Å². The standard InChI is InChI=1S/C11H22N2O2S/c1-11(2)7-9(3-5-12-11)13-10-4-6-16(14,15)8-10/h9-10,12-13H,3-8H2,1-2H3. The Hall–Kier alpha value is -0.130. The lowest BCUT2D eigenvalue weighted by molar-refractivity contribution is 0.238. The molecule has 2 N–H and O–H groups in total. The van der Waals surface area contributed by atoms with Gasteiger partial charge in [0.05, 0.1) is 11.5 Å². The van der Waals surface area contributed by atoms with Gasteiger partial charge in [0.2, 0.25) is 0 Å². The van der Waals surface area contributed by atoms with Gasteiger partial charge in [-0.3, -0.25) is 0 Å². The molecular formula is C11H22N2O2S. The molecule has 2 atom stereocenters. The lowest BCUT2D eigenvalue weighted by Crippen LogP contribution is -2.54. The lowest BCUT2D eigenvalue weighted by atomic mass is 9.89. The first kappa shape index (κ1) is 12.3. The second-order valence-corrected chi connectivity index (χ2v) is 8.00. The van der Waals surface area contributed by atoms with Gasteiger partial charge in [-0.25, -0.2) is 8.42 Å². The van der Waals surface area contributed by atoms with Crippen LogP contribution in [0.3, 0.4) is 0 Å². The largest absolute Gasteiger partial charge is 0.312 e. The molecule has 0 saturated carbocycles. The Kier molecular flexibility index (Phi) is 3.29. The molecule has 0 aromatic rings. The number of sulfone groups is 1. The molecule has 0 radical (unpaired) electrons. The van der Waals surface area contributed by atoms with E-state index in [1.807, 2.05) is 0 Å². The monoisotopic (exact) mass is 246 g/mol. The van der Waals surface area contributed by atoms with E-state index in [9.17, 15) is 8.42 Å². The van der Waals surface area contributed by atoms with Crippen LogP contribution in [0.5, 0.6) is 0 Å². The van der Waals surface area contributed by atoms with Crippen LogP contribution in [-0.2, 0) is 9.84 Å². The van der Waals surface area contributed by atoms with Crippen LogP contribution in [0.15, 0.2) is 0 Å². The molecule has 4 nitrogen and oxygen atoms in total. The molecule has 0 spiro atoms. The number of nitrogens with one attached hydrogen (secondary N) is 2. The van der Waals surface area contributed by atoms with Crippen LogP contribution in [0.1, 0.15) is 33.1 Å². The van der Waals surface area contributed by atoms with E-state index in [4.69, 9.17) is 0 Å². The second kappa shape index (κ2) is 4.27. The molecule has 2 aliphatic heterocycles. The molecule has 2 heterocycles. The Morgan fingerprint density at radius 2 is 2.00 bits per heavy atom. The Balaban J connectivity index is 1.86.